The Morgan fingerprint density at radius 1 is 1.00 bits per heavy atom. The summed E-state index contributed by atoms with van der Waals surface area (Å²) >= 11 is 0. The lowest BCUT2D eigenvalue weighted by atomic mass is 10.0. The van der Waals surface area contributed by atoms with Crippen molar-refractivity contribution in [3.63, 3.8) is 0 Å². The first-order valence-corrected chi connectivity index (χ1v) is 15.5. The minimum atomic E-state index is -4.54. The van der Waals surface area contributed by atoms with Crippen molar-refractivity contribution in [2.24, 2.45) is 0 Å². The Morgan fingerprint density at radius 2 is 1.75 bits per heavy atom. The van der Waals surface area contributed by atoms with Crippen molar-refractivity contribution in [2.75, 3.05) is 22.1 Å². The number of nitrogens with one attached hydrogen (secondary N) is 3. The molecule has 1 aromatic heterocycles. The van der Waals surface area contributed by atoms with Crippen molar-refractivity contribution in [2.45, 2.75) is 49.8 Å². The van der Waals surface area contributed by atoms with Gasteiger partial charge in [-0.05, 0) is 79.9 Å². The molecular formula is C31H29F3N6O3S. The number of hydrogen-bond donors (Lipinski definition) is 3. The summed E-state index contributed by atoms with van der Waals surface area (Å²) in [4.78, 5) is 24.2. The van der Waals surface area contributed by atoms with Gasteiger partial charge in [-0.15, -0.1) is 0 Å². The summed E-state index contributed by atoms with van der Waals surface area (Å²) in [5.41, 5.74) is 3.84. The number of halogens is 3. The van der Waals surface area contributed by atoms with Crippen LogP contribution in [-0.2, 0) is 29.2 Å². The van der Waals surface area contributed by atoms with E-state index in [-0.39, 0.29) is 16.5 Å². The van der Waals surface area contributed by atoms with Crippen molar-refractivity contribution >= 4 is 38.9 Å². The third kappa shape index (κ3) is 6.68. The normalized spacial score (nSPS) is 15.0. The van der Waals surface area contributed by atoms with Gasteiger partial charge in [0, 0.05) is 59.9 Å². The van der Waals surface area contributed by atoms with Crippen LogP contribution in [0.15, 0.2) is 77.8 Å². The molecule has 0 atom stereocenters. The molecule has 0 unspecified atom stereocenters. The summed E-state index contributed by atoms with van der Waals surface area (Å²) in [6.45, 7) is 3.13. The fourth-order valence-corrected chi connectivity index (χ4v) is 6.29. The molecule has 9 nitrogen and oxygen atoms in total. The molecule has 2 heterocycles. The Bertz CT molecular complexity index is 1830. The Labute approximate surface area is 252 Å². The minimum absolute atomic E-state index is 0.0319. The van der Waals surface area contributed by atoms with E-state index in [1.807, 2.05) is 19.1 Å². The van der Waals surface area contributed by atoms with E-state index in [0.717, 1.165) is 47.5 Å². The SMILES string of the molecule is Cc1ccc(NC(=O)c2cccc(C(F)(F)F)c2)cc1N1CCc2nc(Nc3ccc(S(=O)(=O)NC4CC4)cc3)ncc2C1. The van der Waals surface area contributed by atoms with Gasteiger partial charge in [0.05, 0.1) is 16.2 Å². The van der Waals surface area contributed by atoms with E-state index < -0.39 is 27.7 Å². The van der Waals surface area contributed by atoms with Crippen molar-refractivity contribution < 1.29 is 26.4 Å². The molecule has 4 aromatic rings. The largest absolute Gasteiger partial charge is 0.416 e. The first kappa shape index (κ1) is 29.6. The van der Waals surface area contributed by atoms with Crippen LogP contribution in [0.25, 0.3) is 0 Å². The van der Waals surface area contributed by atoms with Gasteiger partial charge < -0.3 is 15.5 Å². The minimum Gasteiger partial charge on any atom is -0.366 e. The monoisotopic (exact) mass is 622 g/mol. The molecule has 228 valence electrons. The average molecular weight is 623 g/mol. The lowest BCUT2D eigenvalue weighted by Crippen LogP contribution is -2.32. The van der Waals surface area contributed by atoms with E-state index in [1.54, 1.807) is 36.5 Å². The number of aryl methyl sites for hydroxylation is 1. The summed E-state index contributed by atoms with van der Waals surface area (Å²) in [6.07, 6.45) is -0.422. The molecule has 1 saturated carbocycles. The van der Waals surface area contributed by atoms with Crippen LogP contribution in [0.2, 0.25) is 0 Å². The van der Waals surface area contributed by atoms with Crippen LogP contribution in [0.1, 0.15) is 45.6 Å². The number of carbonyl (C=O) groups excluding carboxylic acids is 1. The molecule has 0 bridgehead atoms. The second-order valence-electron chi connectivity index (χ2n) is 10.9. The van der Waals surface area contributed by atoms with E-state index in [4.69, 9.17) is 0 Å². The quantitative estimate of drug-likeness (QED) is 0.227. The topological polar surface area (TPSA) is 116 Å². The van der Waals surface area contributed by atoms with Crippen LogP contribution in [0, 0.1) is 6.92 Å². The molecular weight excluding hydrogens is 593 g/mol. The number of hydrogen-bond acceptors (Lipinski definition) is 7. The van der Waals surface area contributed by atoms with Crippen LogP contribution in [0.3, 0.4) is 0 Å². The highest BCUT2D eigenvalue weighted by atomic mass is 32.2. The van der Waals surface area contributed by atoms with Gasteiger partial charge >= 0.3 is 6.18 Å². The predicted molar refractivity (Wildman–Crippen MR) is 160 cm³/mol. The summed E-state index contributed by atoms with van der Waals surface area (Å²) in [7, 11) is -3.53. The van der Waals surface area contributed by atoms with E-state index in [9.17, 15) is 26.4 Å². The fraction of sp³-hybridized carbons (Fsp3) is 0.258. The first-order chi connectivity index (χ1) is 20.9. The smallest absolute Gasteiger partial charge is 0.366 e. The third-order valence-electron chi connectivity index (χ3n) is 7.51. The van der Waals surface area contributed by atoms with Crippen molar-refractivity contribution in [1.82, 2.24) is 14.7 Å². The summed E-state index contributed by atoms with van der Waals surface area (Å²) in [5, 5.41) is 5.85. The number of alkyl halides is 3. The molecule has 44 heavy (non-hydrogen) atoms. The molecule has 1 aliphatic carbocycles. The number of sulfonamides is 1. The van der Waals surface area contributed by atoms with Gasteiger partial charge in [0.25, 0.3) is 5.91 Å². The predicted octanol–water partition coefficient (Wildman–Crippen LogP) is 5.80. The Hall–Kier alpha value is -4.49. The first-order valence-electron chi connectivity index (χ1n) is 14.0. The number of aromatic nitrogens is 2. The van der Waals surface area contributed by atoms with E-state index in [2.05, 4.69) is 30.2 Å². The lowest BCUT2D eigenvalue weighted by molar-refractivity contribution is -0.137. The molecule has 0 spiro atoms. The highest BCUT2D eigenvalue weighted by molar-refractivity contribution is 7.89. The summed E-state index contributed by atoms with van der Waals surface area (Å²) in [6, 6.07) is 16.2. The van der Waals surface area contributed by atoms with Crippen molar-refractivity contribution in [3.8, 4) is 0 Å². The number of fused-ring (bicyclic) bond motifs is 1. The van der Waals surface area contributed by atoms with Gasteiger partial charge in [-0.2, -0.15) is 13.2 Å². The number of benzene rings is 3. The number of rotatable bonds is 8. The van der Waals surface area contributed by atoms with Crippen LogP contribution in [-0.4, -0.2) is 36.9 Å². The number of amides is 1. The second-order valence-corrected chi connectivity index (χ2v) is 12.6. The molecule has 1 fully saturated rings. The molecule has 0 radical (unpaired) electrons. The molecule has 2 aliphatic rings. The average Bonchev–Trinajstić information content (AvgIpc) is 3.81. The van der Waals surface area contributed by atoms with Crippen LogP contribution >= 0.6 is 0 Å². The number of anilines is 4. The van der Waals surface area contributed by atoms with Gasteiger partial charge in [-0.3, -0.25) is 4.79 Å². The zero-order valence-corrected chi connectivity index (χ0v) is 24.5. The van der Waals surface area contributed by atoms with E-state index in [1.165, 1.54) is 12.1 Å². The maximum Gasteiger partial charge on any atom is 0.416 e. The lowest BCUT2D eigenvalue weighted by Gasteiger charge is -2.31. The van der Waals surface area contributed by atoms with Gasteiger partial charge in [0.2, 0.25) is 16.0 Å². The zero-order valence-electron chi connectivity index (χ0n) is 23.6. The molecule has 0 saturated heterocycles. The maximum atomic E-state index is 13.1. The highest BCUT2D eigenvalue weighted by Gasteiger charge is 2.31. The molecule has 6 rings (SSSR count). The molecule has 3 aromatic carbocycles. The molecule has 3 N–H and O–H groups in total. The van der Waals surface area contributed by atoms with Gasteiger partial charge in [-0.1, -0.05) is 12.1 Å². The van der Waals surface area contributed by atoms with Crippen molar-refractivity contribution in [1.29, 1.82) is 0 Å². The number of nitrogens with zero attached hydrogens (tertiary/aromatic N) is 3. The maximum absolute atomic E-state index is 13.1. The van der Waals surface area contributed by atoms with Crippen LogP contribution in [0.4, 0.5) is 36.2 Å². The molecule has 13 heteroatoms. The fourth-order valence-electron chi connectivity index (χ4n) is 4.99. The highest BCUT2D eigenvalue weighted by Crippen LogP contribution is 2.32. The zero-order chi connectivity index (χ0) is 31.1. The van der Waals surface area contributed by atoms with Gasteiger partial charge in [-0.25, -0.2) is 23.1 Å². The second kappa shape index (κ2) is 11.5. The van der Waals surface area contributed by atoms with E-state index >= 15 is 0 Å². The summed E-state index contributed by atoms with van der Waals surface area (Å²) in [5.74, 6) is -0.228. The van der Waals surface area contributed by atoms with Gasteiger partial charge in [0.1, 0.15) is 0 Å². The summed E-state index contributed by atoms with van der Waals surface area (Å²) < 4.78 is 66.8. The molecule has 1 amide bonds. The van der Waals surface area contributed by atoms with Gasteiger partial charge in [0.15, 0.2) is 0 Å². The Balaban J connectivity index is 1.12. The third-order valence-corrected chi connectivity index (χ3v) is 9.05. The van der Waals surface area contributed by atoms with E-state index in [0.29, 0.717) is 36.8 Å². The standard InChI is InChI=1S/C31H29F3N6O3S/c1-19-5-6-25(36-29(41)20-3-2-4-22(15-20)31(32,33)34)16-28(19)40-14-13-27-21(18-40)17-35-30(38-27)37-23-9-11-26(12-10-23)44(42,43)39-24-7-8-24/h2-6,9-12,15-17,24,39H,7-8,13-14,18H2,1H3,(H,36,41)(H,35,37,38). The van der Waals surface area contributed by atoms with Crippen LogP contribution < -0.4 is 20.3 Å². The molecule has 1 aliphatic heterocycles. The van der Waals surface area contributed by atoms with Crippen LogP contribution in [0.5, 0.6) is 0 Å². The number of carbonyl (C=O) groups is 1. The van der Waals surface area contributed by atoms with Crippen molar-refractivity contribution in [3.05, 3.63) is 101 Å². The Morgan fingerprint density at radius 3 is 2.48 bits per heavy atom. The Kier molecular flexibility index (Phi) is 7.76.